The van der Waals surface area contributed by atoms with E-state index in [1.807, 2.05) is 24.3 Å². The molecule has 1 N–H and O–H groups in total. The van der Waals surface area contributed by atoms with E-state index in [9.17, 15) is 4.79 Å². The molecule has 0 heterocycles. The van der Waals surface area contributed by atoms with Crippen molar-refractivity contribution in [2.45, 2.75) is 5.33 Å². The fourth-order valence-corrected chi connectivity index (χ4v) is 2.10. The average Bonchev–Trinajstić information content (AvgIpc) is 2.38. The molecule has 0 atom stereocenters. The van der Waals surface area contributed by atoms with E-state index in [2.05, 4.69) is 27.2 Å². The molecule has 0 aromatic heterocycles. The lowest BCUT2D eigenvalue weighted by Gasteiger charge is -2.04. The topological polar surface area (TPSA) is 29.1 Å². The maximum atomic E-state index is 11.7. The first kappa shape index (κ1) is 14.1. The zero-order chi connectivity index (χ0) is 12.5. The van der Waals surface area contributed by atoms with Crippen LogP contribution in [0.5, 0.6) is 0 Å². The van der Waals surface area contributed by atoms with Crippen LogP contribution in [0.4, 0.5) is 0 Å². The van der Waals surface area contributed by atoms with Gasteiger partial charge in [-0.15, -0.1) is 18.2 Å². The summed E-state index contributed by atoms with van der Waals surface area (Å²) in [7, 11) is 0. The number of amides is 1. The predicted molar refractivity (Wildman–Crippen MR) is 77.6 cm³/mol. The Morgan fingerprint density at radius 3 is 2.71 bits per heavy atom. The number of hydrogen-bond donors (Lipinski definition) is 1. The van der Waals surface area contributed by atoms with Crippen LogP contribution >= 0.6 is 27.7 Å². The lowest BCUT2D eigenvalue weighted by molar-refractivity contribution is 0.0956. The Kier molecular flexibility index (Phi) is 6.83. The van der Waals surface area contributed by atoms with E-state index in [4.69, 9.17) is 6.42 Å². The van der Waals surface area contributed by atoms with Crippen molar-refractivity contribution in [3.8, 4) is 12.3 Å². The molecule has 0 aliphatic carbocycles. The molecule has 17 heavy (non-hydrogen) atoms. The number of halogens is 1. The van der Waals surface area contributed by atoms with Crippen LogP contribution in [-0.2, 0) is 5.33 Å². The van der Waals surface area contributed by atoms with Crippen LogP contribution < -0.4 is 5.32 Å². The van der Waals surface area contributed by atoms with E-state index < -0.39 is 0 Å². The fraction of sp³-hybridized carbons (Fsp3) is 0.308. The van der Waals surface area contributed by atoms with Gasteiger partial charge in [0.25, 0.3) is 5.91 Å². The number of hydrogen-bond acceptors (Lipinski definition) is 2. The Balaban J connectivity index is 2.34. The summed E-state index contributed by atoms with van der Waals surface area (Å²) in [6.07, 6.45) is 5.13. The number of rotatable bonds is 6. The maximum absolute atomic E-state index is 11.7. The summed E-state index contributed by atoms with van der Waals surface area (Å²) in [4.78, 5) is 11.7. The van der Waals surface area contributed by atoms with Crippen molar-refractivity contribution in [3.05, 3.63) is 35.4 Å². The first-order chi connectivity index (χ1) is 8.27. The molecular weight excluding hydrogens is 298 g/mol. The summed E-state index contributed by atoms with van der Waals surface area (Å²) in [5, 5.41) is 3.66. The van der Waals surface area contributed by atoms with E-state index >= 15 is 0 Å². The van der Waals surface area contributed by atoms with Crippen LogP contribution in [0.2, 0.25) is 0 Å². The van der Waals surface area contributed by atoms with Gasteiger partial charge < -0.3 is 5.32 Å². The molecule has 0 saturated heterocycles. The molecule has 0 fully saturated rings. The second-order valence-corrected chi connectivity index (χ2v) is 5.01. The number of benzene rings is 1. The molecule has 0 aliphatic heterocycles. The minimum Gasteiger partial charge on any atom is -0.351 e. The van der Waals surface area contributed by atoms with Crippen LogP contribution in [0.25, 0.3) is 0 Å². The smallest absolute Gasteiger partial charge is 0.251 e. The number of nitrogens with one attached hydrogen (secondary N) is 1. The maximum Gasteiger partial charge on any atom is 0.251 e. The Morgan fingerprint density at radius 1 is 1.41 bits per heavy atom. The van der Waals surface area contributed by atoms with Crippen molar-refractivity contribution in [2.24, 2.45) is 0 Å². The number of carbonyl (C=O) groups excluding carboxylic acids is 1. The summed E-state index contributed by atoms with van der Waals surface area (Å²) < 4.78 is 0. The quantitative estimate of drug-likeness (QED) is 0.497. The summed E-state index contributed by atoms with van der Waals surface area (Å²) in [6.45, 7) is 0.644. The molecule has 2 nitrogen and oxygen atoms in total. The molecule has 1 aromatic carbocycles. The van der Waals surface area contributed by atoms with Crippen LogP contribution in [-0.4, -0.2) is 24.0 Å². The zero-order valence-corrected chi connectivity index (χ0v) is 11.8. The summed E-state index contributed by atoms with van der Waals surface area (Å²) >= 11 is 5.01. The second-order valence-electron chi connectivity index (χ2n) is 3.34. The van der Waals surface area contributed by atoms with E-state index in [1.165, 1.54) is 0 Å². The van der Waals surface area contributed by atoms with Crippen LogP contribution in [0.1, 0.15) is 15.9 Å². The number of thioether (sulfide) groups is 1. The van der Waals surface area contributed by atoms with Crippen molar-refractivity contribution in [3.63, 3.8) is 0 Å². The van der Waals surface area contributed by atoms with Gasteiger partial charge in [0.1, 0.15) is 0 Å². The fourth-order valence-electron chi connectivity index (χ4n) is 1.22. The Hall–Kier alpha value is -0.920. The molecule has 1 amide bonds. The molecule has 90 valence electrons. The van der Waals surface area contributed by atoms with Gasteiger partial charge in [0.05, 0.1) is 5.75 Å². The molecule has 0 radical (unpaired) electrons. The molecule has 0 aliphatic rings. The Morgan fingerprint density at radius 2 is 2.12 bits per heavy atom. The van der Waals surface area contributed by atoms with Crippen molar-refractivity contribution >= 4 is 33.6 Å². The number of alkyl halides is 1. The number of carbonyl (C=O) groups is 1. The molecule has 0 spiro atoms. The van der Waals surface area contributed by atoms with Gasteiger partial charge in [-0.25, -0.2) is 0 Å². The Bertz CT molecular complexity index is 397. The molecule has 1 rings (SSSR count). The summed E-state index contributed by atoms with van der Waals surface area (Å²) in [6, 6.07) is 7.55. The standard InChI is InChI=1S/C13H14BrNOS/c1-2-8-17-9-7-15-13(16)12-5-3-11(10-14)4-6-12/h1,3-6H,7-10H2,(H,15,16). The van der Waals surface area contributed by atoms with Gasteiger partial charge in [0.15, 0.2) is 0 Å². The highest BCUT2D eigenvalue weighted by molar-refractivity contribution is 9.08. The van der Waals surface area contributed by atoms with E-state index in [0.717, 1.165) is 16.6 Å². The van der Waals surface area contributed by atoms with Gasteiger partial charge in [-0.05, 0) is 17.7 Å². The van der Waals surface area contributed by atoms with Crippen LogP contribution in [0.3, 0.4) is 0 Å². The van der Waals surface area contributed by atoms with Crippen LogP contribution in [0, 0.1) is 12.3 Å². The van der Waals surface area contributed by atoms with E-state index in [0.29, 0.717) is 17.9 Å². The third-order valence-corrected chi connectivity index (χ3v) is 3.60. The SMILES string of the molecule is C#CCSCCNC(=O)c1ccc(CBr)cc1. The second kappa shape index (κ2) is 8.21. The highest BCUT2D eigenvalue weighted by atomic mass is 79.9. The molecule has 1 aromatic rings. The molecule has 0 unspecified atom stereocenters. The third-order valence-electron chi connectivity index (χ3n) is 2.09. The highest BCUT2D eigenvalue weighted by Gasteiger charge is 2.03. The molecule has 0 bridgehead atoms. The lowest BCUT2D eigenvalue weighted by atomic mass is 10.1. The van der Waals surface area contributed by atoms with Gasteiger partial charge in [0, 0.05) is 23.2 Å². The van der Waals surface area contributed by atoms with Crippen LogP contribution in [0.15, 0.2) is 24.3 Å². The van der Waals surface area contributed by atoms with Crippen molar-refractivity contribution in [1.29, 1.82) is 0 Å². The first-order valence-corrected chi connectivity index (χ1v) is 7.50. The minimum absolute atomic E-state index is 0.0348. The number of terminal acetylenes is 1. The van der Waals surface area contributed by atoms with Gasteiger partial charge >= 0.3 is 0 Å². The van der Waals surface area contributed by atoms with Gasteiger partial charge in [0.2, 0.25) is 0 Å². The van der Waals surface area contributed by atoms with Gasteiger partial charge in [-0.1, -0.05) is 34.0 Å². The monoisotopic (exact) mass is 311 g/mol. The van der Waals surface area contributed by atoms with Gasteiger partial charge in [-0.2, -0.15) is 0 Å². The zero-order valence-electron chi connectivity index (χ0n) is 9.41. The molecule has 0 saturated carbocycles. The van der Waals surface area contributed by atoms with E-state index in [1.54, 1.807) is 11.8 Å². The molecular formula is C13H14BrNOS. The lowest BCUT2D eigenvalue weighted by Crippen LogP contribution is -2.25. The average molecular weight is 312 g/mol. The Labute approximate surface area is 115 Å². The van der Waals surface area contributed by atoms with Gasteiger partial charge in [-0.3, -0.25) is 4.79 Å². The minimum atomic E-state index is -0.0348. The first-order valence-electron chi connectivity index (χ1n) is 5.22. The van der Waals surface area contributed by atoms with Crippen molar-refractivity contribution in [2.75, 3.05) is 18.1 Å². The third kappa shape index (κ3) is 5.29. The summed E-state index contributed by atoms with van der Waals surface area (Å²) in [5.41, 5.74) is 1.85. The largest absolute Gasteiger partial charge is 0.351 e. The normalized spacial score (nSPS) is 9.65. The molecule has 4 heteroatoms. The van der Waals surface area contributed by atoms with E-state index in [-0.39, 0.29) is 5.91 Å². The van der Waals surface area contributed by atoms with Crippen molar-refractivity contribution < 1.29 is 4.79 Å². The predicted octanol–water partition coefficient (Wildman–Crippen LogP) is 2.68. The van der Waals surface area contributed by atoms with Crippen molar-refractivity contribution in [1.82, 2.24) is 5.32 Å². The highest BCUT2D eigenvalue weighted by Crippen LogP contribution is 2.07. The summed E-state index contributed by atoms with van der Waals surface area (Å²) in [5.74, 6) is 4.04.